The third-order valence-electron chi connectivity index (χ3n) is 1.73. The van der Waals surface area contributed by atoms with Gasteiger partial charge in [-0.25, -0.2) is 9.18 Å². The molecular weight excluding hydrogens is 203 g/mol. The number of rotatable bonds is 4. The van der Waals surface area contributed by atoms with E-state index >= 15 is 0 Å². The summed E-state index contributed by atoms with van der Waals surface area (Å²) in [7, 11) is 0. The van der Waals surface area contributed by atoms with Crippen molar-refractivity contribution in [3.05, 3.63) is 35.1 Å². The van der Waals surface area contributed by atoms with Gasteiger partial charge < -0.3 is 5.11 Å². The van der Waals surface area contributed by atoms with Crippen molar-refractivity contribution in [3.63, 3.8) is 0 Å². The van der Waals surface area contributed by atoms with Crippen molar-refractivity contribution >= 4 is 17.7 Å². The van der Waals surface area contributed by atoms with E-state index < -0.39 is 11.8 Å². The molecule has 4 heteroatoms. The first kappa shape index (κ1) is 11.0. The molecule has 0 aliphatic heterocycles. The summed E-state index contributed by atoms with van der Waals surface area (Å²) in [4.78, 5) is 10.6. The first-order valence-corrected chi connectivity index (χ1v) is 5.40. The van der Waals surface area contributed by atoms with Gasteiger partial charge in [0.05, 0.1) is 5.56 Å². The van der Waals surface area contributed by atoms with Crippen molar-refractivity contribution < 1.29 is 14.3 Å². The monoisotopic (exact) mass is 214 g/mol. The molecule has 14 heavy (non-hydrogen) atoms. The number of hydrogen-bond donors (Lipinski definition) is 1. The predicted molar refractivity (Wildman–Crippen MR) is 55.2 cm³/mol. The number of carboxylic acids is 1. The fourth-order valence-electron chi connectivity index (χ4n) is 1.05. The highest BCUT2D eigenvalue weighted by Crippen LogP contribution is 2.15. The lowest BCUT2D eigenvalue weighted by atomic mass is 10.1. The SMILES string of the molecule is CCSCc1ccc(F)c(C(=O)O)c1. The Kier molecular flexibility index (Phi) is 3.95. The van der Waals surface area contributed by atoms with E-state index in [1.807, 2.05) is 6.92 Å². The molecule has 0 amide bonds. The van der Waals surface area contributed by atoms with Gasteiger partial charge in [0, 0.05) is 5.75 Å². The number of hydrogen-bond acceptors (Lipinski definition) is 2. The Balaban J connectivity index is 2.89. The number of benzene rings is 1. The Bertz CT molecular complexity index is 339. The number of aromatic carboxylic acids is 1. The van der Waals surface area contributed by atoms with E-state index in [0.29, 0.717) is 0 Å². The molecule has 1 aromatic rings. The Morgan fingerprint density at radius 1 is 1.57 bits per heavy atom. The maximum absolute atomic E-state index is 13.0. The minimum absolute atomic E-state index is 0.251. The highest BCUT2D eigenvalue weighted by atomic mass is 32.2. The number of thioether (sulfide) groups is 1. The molecule has 0 unspecified atom stereocenters. The van der Waals surface area contributed by atoms with Crippen LogP contribution in [0.1, 0.15) is 22.8 Å². The molecule has 0 bridgehead atoms. The fraction of sp³-hybridized carbons (Fsp3) is 0.300. The summed E-state index contributed by atoms with van der Waals surface area (Å²) in [5, 5.41) is 8.67. The van der Waals surface area contributed by atoms with Gasteiger partial charge >= 0.3 is 5.97 Å². The summed E-state index contributed by atoms with van der Waals surface area (Å²) < 4.78 is 13.0. The lowest BCUT2D eigenvalue weighted by molar-refractivity contribution is 0.0692. The topological polar surface area (TPSA) is 37.3 Å². The molecule has 0 atom stereocenters. The minimum Gasteiger partial charge on any atom is -0.478 e. The molecule has 0 spiro atoms. The zero-order valence-electron chi connectivity index (χ0n) is 7.79. The number of carbonyl (C=O) groups is 1. The van der Waals surface area contributed by atoms with Gasteiger partial charge in [-0.1, -0.05) is 13.0 Å². The van der Waals surface area contributed by atoms with Gasteiger partial charge in [-0.2, -0.15) is 11.8 Å². The average molecular weight is 214 g/mol. The van der Waals surface area contributed by atoms with Gasteiger partial charge in [0.1, 0.15) is 5.82 Å². The van der Waals surface area contributed by atoms with Crippen molar-refractivity contribution in [1.29, 1.82) is 0 Å². The van der Waals surface area contributed by atoms with E-state index in [-0.39, 0.29) is 5.56 Å². The summed E-state index contributed by atoms with van der Waals surface area (Å²) in [6.07, 6.45) is 0. The minimum atomic E-state index is -1.22. The van der Waals surface area contributed by atoms with Gasteiger partial charge in [0.25, 0.3) is 0 Å². The van der Waals surface area contributed by atoms with Crippen LogP contribution in [0.3, 0.4) is 0 Å². The van der Waals surface area contributed by atoms with Gasteiger partial charge in [-0.15, -0.1) is 0 Å². The maximum atomic E-state index is 13.0. The second-order valence-electron chi connectivity index (χ2n) is 2.76. The summed E-state index contributed by atoms with van der Waals surface area (Å²) in [6.45, 7) is 2.02. The summed E-state index contributed by atoms with van der Waals surface area (Å²) in [6, 6.07) is 4.21. The molecule has 0 aliphatic carbocycles. The van der Waals surface area contributed by atoms with Crippen molar-refractivity contribution in [1.82, 2.24) is 0 Å². The summed E-state index contributed by atoms with van der Waals surface area (Å²) in [5.74, 6) is -0.217. The third-order valence-corrected chi connectivity index (χ3v) is 2.68. The predicted octanol–water partition coefficient (Wildman–Crippen LogP) is 2.78. The van der Waals surface area contributed by atoms with Crippen LogP contribution in [0.15, 0.2) is 18.2 Å². The molecular formula is C10H11FO2S. The summed E-state index contributed by atoms with van der Waals surface area (Å²) >= 11 is 1.67. The molecule has 1 aromatic carbocycles. The largest absolute Gasteiger partial charge is 0.478 e. The van der Waals surface area contributed by atoms with E-state index in [9.17, 15) is 9.18 Å². The lowest BCUT2D eigenvalue weighted by Gasteiger charge is -2.02. The van der Waals surface area contributed by atoms with Crippen LogP contribution in [-0.2, 0) is 5.75 Å². The molecule has 0 aromatic heterocycles. The zero-order valence-corrected chi connectivity index (χ0v) is 8.60. The molecule has 0 radical (unpaired) electrons. The first-order chi connectivity index (χ1) is 6.65. The molecule has 0 aliphatic rings. The molecule has 0 fully saturated rings. The molecule has 0 heterocycles. The maximum Gasteiger partial charge on any atom is 0.338 e. The van der Waals surface area contributed by atoms with E-state index in [1.54, 1.807) is 17.8 Å². The van der Waals surface area contributed by atoms with Crippen molar-refractivity contribution in [2.24, 2.45) is 0 Å². The van der Waals surface area contributed by atoms with Gasteiger partial charge in [0.15, 0.2) is 0 Å². The van der Waals surface area contributed by atoms with Crippen LogP contribution in [0.4, 0.5) is 4.39 Å². The second kappa shape index (κ2) is 5.00. The molecule has 0 saturated heterocycles. The average Bonchev–Trinajstić information content (AvgIpc) is 2.16. The van der Waals surface area contributed by atoms with Crippen LogP contribution in [0.5, 0.6) is 0 Å². The van der Waals surface area contributed by atoms with Crippen LogP contribution in [0, 0.1) is 5.82 Å². The smallest absolute Gasteiger partial charge is 0.338 e. The van der Waals surface area contributed by atoms with Crippen LogP contribution in [0.25, 0.3) is 0 Å². The summed E-state index contributed by atoms with van der Waals surface area (Å²) in [5.41, 5.74) is 0.592. The highest BCUT2D eigenvalue weighted by molar-refractivity contribution is 7.98. The Labute approximate surface area is 86.1 Å². The van der Waals surface area contributed by atoms with Crippen molar-refractivity contribution in [2.75, 3.05) is 5.75 Å². The van der Waals surface area contributed by atoms with Crippen LogP contribution in [0.2, 0.25) is 0 Å². The normalized spacial score (nSPS) is 10.1. The van der Waals surface area contributed by atoms with E-state index in [4.69, 9.17) is 5.11 Å². The first-order valence-electron chi connectivity index (χ1n) is 4.24. The molecule has 76 valence electrons. The van der Waals surface area contributed by atoms with Gasteiger partial charge in [-0.3, -0.25) is 0 Å². The highest BCUT2D eigenvalue weighted by Gasteiger charge is 2.10. The standard InChI is InChI=1S/C10H11FO2S/c1-2-14-6-7-3-4-9(11)8(5-7)10(12)13/h3-5H,2,6H2,1H3,(H,12,13). The Morgan fingerprint density at radius 2 is 2.29 bits per heavy atom. The Hall–Kier alpha value is -1.03. The quantitative estimate of drug-likeness (QED) is 0.837. The van der Waals surface area contributed by atoms with Crippen LogP contribution in [-0.4, -0.2) is 16.8 Å². The van der Waals surface area contributed by atoms with E-state index in [1.165, 1.54) is 12.1 Å². The molecule has 1 rings (SSSR count). The molecule has 1 N–H and O–H groups in total. The van der Waals surface area contributed by atoms with Gasteiger partial charge in [0.2, 0.25) is 0 Å². The lowest BCUT2D eigenvalue weighted by Crippen LogP contribution is -2.01. The number of halogens is 1. The molecule has 2 nitrogen and oxygen atoms in total. The zero-order chi connectivity index (χ0) is 10.6. The van der Waals surface area contributed by atoms with Crippen LogP contribution >= 0.6 is 11.8 Å². The van der Waals surface area contributed by atoms with E-state index in [2.05, 4.69) is 0 Å². The van der Waals surface area contributed by atoms with Crippen molar-refractivity contribution in [2.45, 2.75) is 12.7 Å². The van der Waals surface area contributed by atoms with Gasteiger partial charge in [-0.05, 0) is 23.4 Å². The Morgan fingerprint density at radius 3 is 2.86 bits per heavy atom. The fourth-order valence-corrected chi connectivity index (χ4v) is 1.67. The van der Waals surface area contributed by atoms with Crippen molar-refractivity contribution in [3.8, 4) is 0 Å². The second-order valence-corrected chi connectivity index (χ2v) is 4.03. The van der Waals surface area contributed by atoms with E-state index in [0.717, 1.165) is 17.1 Å². The number of carboxylic acid groups (broad SMARTS) is 1. The molecule has 0 saturated carbocycles. The third kappa shape index (κ3) is 2.73. The van der Waals surface area contributed by atoms with Crippen LogP contribution < -0.4 is 0 Å².